The lowest BCUT2D eigenvalue weighted by atomic mass is 10.3. The summed E-state index contributed by atoms with van der Waals surface area (Å²) >= 11 is 5.85. The van der Waals surface area contributed by atoms with Crippen molar-refractivity contribution in [3.8, 4) is 0 Å². The Morgan fingerprint density at radius 1 is 1.22 bits per heavy atom. The van der Waals surface area contributed by atoms with Crippen LogP contribution in [0.15, 0.2) is 36.7 Å². The molecule has 90 valence electrons. The Kier molecular flexibility index (Phi) is 2.60. The lowest BCUT2D eigenvalue weighted by Gasteiger charge is -2.09. The Morgan fingerprint density at radius 3 is 2.78 bits per heavy atom. The molecule has 0 unspecified atom stereocenters. The second-order valence-corrected chi connectivity index (χ2v) is 4.35. The molecular formula is C12H10ClN5. The van der Waals surface area contributed by atoms with Crippen LogP contribution in [0, 0.1) is 6.92 Å². The maximum absolute atomic E-state index is 5.85. The van der Waals surface area contributed by atoms with Gasteiger partial charge in [-0.2, -0.15) is 0 Å². The molecule has 0 aliphatic rings. The van der Waals surface area contributed by atoms with E-state index in [1.807, 2.05) is 37.3 Å². The number of anilines is 2. The molecule has 0 spiro atoms. The van der Waals surface area contributed by atoms with Crippen molar-refractivity contribution in [3.05, 3.63) is 47.4 Å². The van der Waals surface area contributed by atoms with Gasteiger partial charge in [0, 0.05) is 22.5 Å². The van der Waals surface area contributed by atoms with Gasteiger partial charge in [-0.25, -0.2) is 4.98 Å². The average molecular weight is 260 g/mol. The fourth-order valence-electron chi connectivity index (χ4n) is 1.71. The molecule has 0 aliphatic carbocycles. The molecule has 3 rings (SSSR count). The first-order valence-corrected chi connectivity index (χ1v) is 5.80. The molecule has 0 saturated carbocycles. The third-order valence-electron chi connectivity index (χ3n) is 2.53. The lowest BCUT2D eigenvalue weighted by Crippen LogP contribution is -2.00. The van der Waals surface area contributed by atoms with Gasteiger partial charge >= 0.3 is 0 Å². The summed E-state index contributed by atoms with van der Waals surface area (Å²) in [6.07, 6.45) is 1.63. The summed E-state index contributed by atoms with van der Waals surface area (Å²) in [5, 5.41) is 11.8. The van der Waals surface area contributed by atoms with E-state index in [1.165, 1.54) is 0 Å². The van der Waals surface area contributed by atoms with E-state index in [9.17, 15) is 0 Å². The van der Waals surface area contributed by atoms with Gasteiger partial charge in [0.15, 0.2) is 0 Å². The van der Waals surface area contributed by atoms with Gasteiger partial charge < -0.3 is 5.32 Å². The second-order valence-electron chi connectivity index (χ2n) is 3.92. The van der Waals surface area contributed by atoms with Gasteiger partial charge in [0.1, 0.15) is 12.1 Å². The number of halogens is 1. The number of hydrogen-bond acceptors (Lipinski definition) is 4. The maximum atomic E-state index is 5.85. The van der Waals surface area contributed by atoms with Crippen LogP contribution in [0.4, 0.5) is 11.5 Å². The van der Waals surface area contributed by atoms with Crippen molar-refractivity contribution in [2.45, 2.75) is 6.92 Å². The van der Waals surface area contributed by atoms with Gasteiger partial charge in [0.05, 0.1) is 0 Å². The third-order valence-corrected chi connectivity index (χ3v) is 2.78. The highest BCUT2D eigenvalue weighted by atomic mass is 35.5. The zero-order valence-electron chi connectivity index (χ0n) is 9.63. The number of rotatable bonds is 2. The minimum Gasteiger partial charge on any atom is -0.341 e. The lowest BCUT2D eigenvalue weighted by molar-refractivity contribution is 1.07. The predicted octanol–water partition coefficient (Wildman–Crippen LogP) is 2.83. The van der Waals surface area contributed by atoms with E-state index in [0.717, 1.165) is 17.2 Å². The molecule has 3 aromatic rings. The first kappa shape index (κ1) is 11.0. The Morgan fingerprint density at radius 2 is 2.00 bits per heavy atom. The fraction of sp³-hybridized carbons (Fsp3) is 0.0833. The molecule has 2 heterocycles. The largest absolute Gasteiger partial charge is 0.341 e. The average Bonchev–Trinajstić information content (AvgIpc) is 2.80. The van der Waals surface area contributed by atoms with Crippen LogP contribution in [0.2, 0.25) is 5.02 Å². The van der Waals surface area contributed by atoms with Crippen LogP contribution in [-0.4, -0.2) is 19.6 Å². The van der Waals surface area contributed by atoms with E-state index in [-0.39, 0.29) is 0 Å². The molecule has 1 N–H and O–H groups in total. The predicted molar refractivity (Wildman–Crippen MR) is 70.3 cm³/mol. The van der Waals surface area contributed by atoms with Crippen LogP contribution >= 0.6 is 11.6 Å². The van der Waals surface area contributed by atoms with Gasteiger partial charge in [0.2, 0.25) is 0 Å². The summed E-state index contributed by atoms with van der Waals surface area (Å²) < 4.78 is 1.79. The van der Waals surface area contributed by atoms with Crippen LogP contribution < -0.4 is 5.32 Å². The molecule has 0 atom stereocenters. The molecule has 0 amide bonds. The highest BCUT2D eigenvalue weighted by Crippen LogP contribution is 2.19. The molecular weight excluding hydrogens is 250 g/mol. The zero-order valence-corrected chi connectivity index (χ0v) is 10.4. The monoisotopic (exact) mass is 259 g/mol. The van der Waals surface area contributed by atoms with E-state index >= 15 is 0 Å². The van der Waals surface area contributed by atoms with Gasteiger partial charge in [-0.15, -0.1) is 10.2 Å². The van der Waals surface area contributed by atoms with E-state index in [1.54, 1.807) is 10.7 Å². The molecule has 0 radical (unpaired) electrons. The summed E-state index contributed by atoms with van der Waals surface area (Å²) in [4.78, 5) is 4.28. The number of fused-ring (bicyclic) bond motifs is 1. The third kappa shape index (κ3) is 2.00. The molecule has 0 fully saturated rings. The summed E-state index contributed by atoms with van der Waals surface area (Å²) in [7, 11) is 0. The number of aromatic nitrogens is 4. The van der Waals surface area contributed by atoms with Crippen LogP contribution in [-0.2, 0) is 0 Å². The highest BCUT2D eigenvalue weighted by molar-refractivity contribution is 6.30. The minimum absolute atomic E-state index is 0.575. The van der Waals surface area contributed by atoms with Crippen LogP contribution in [0.3, 0.4) is 0 Å². The normalized spacial score (nSPS) is 10.8. The molecule has 0 saturated heterocycles. The Labute approximate surface area is 108 Å². The number of nitrogens with zero attached hydrogens (tertiary/aromatic N) is 4. The number of nitrogens with one attached hydrogen (secondary N) is 1. The van der Waals surface area contributed by atoms with Gasteiger partial charge in [-0.05, 0) is 31.2 Å². The molecule has 1 aromatic carbocycles. The molecule has 2 aromatic heterocycles. The van der Waals surface area contributed by atoms with E-state index in [2.05, 4.69) is 20.5 Å². The van der Waals surface area contributed by atoms with Crippen molar-refractivity contribution < 1.29 is 0 Å². The Hall–Kier alpha value is -2.14. The standard InChI is InChI=1S/C12H10ClN5/c1-8-6-11(18-7-14-17-12(18)15-8)16-10-4-2-9(13)3-5-10/h2-7,16H,1H3. The van der Waals surface area contributed by atoms with Crippen LogP contribution in [0.5, 0.6) is 0 Å². The number of benzene rings is 1. The topological polar surface area (TPSA) is 55.1 Å². The summed E-state index contributed by atoms with van der Waals surface area (Å²) in [6.45, 7) is 1.92. The van der Waals surface area contributed by atoms with Gasteiger partial charge in [-0.3, -0.25) is 4.40 Å². The summed E-state index contributed by atoms with van der Waals surface area (Å²) in [6, 6.07) is 9.43. The van der Waals surface area contributed by atoms with E-state index in [0.29, 0.717) is 10.8 Å². The second kappa shape index (κ2) is 4.27. The molecule has 0 bridgehead atoms. The quantitative estimate of drug-likeness (QED) is 0.769. The Balaban J connectivity index is 2.03. The first-order valence-electron chi connectivity index (χ1n) is 5.42. The van der Waals surface area contributed by atoms with Crippen LogP contribution in [0.25, 0.3) is 5.78 Å². The highest BCUT2D eigenvalue weighted by Gasteiger charge is 2.05. The smallest absolute Gasteiger partial charge is 0.256 e. The van der Waals surface area contributed by atoms with Crippen molar-refractivity contribution in [2.24, 2.45) is 0 Å². The van der Waals surface area contributed by atoms with E-state index in [4.69, 9.17) is 11.6 Å². The number of hydrogen-bond donors (Lipinski definition) is 1. The van der Waals surface area contributed by atoms with Crippen molar-refractivity contribution >= 4 is 28.9 Å². The summed E-state index contributed by atoms with van der Waals surface area (Å²) in [5.41, 5.74) is 1.83. The molecule has 18 heavy (non-hydrogen) atoms. The van der Waals surface area contributed by atoms with E-state index < -0.39 is 0 Å². The molecule has 0 aliphatic heterocycles. The zero-order chi connectivity index (χ0) is 12.5. The SMILES string of the molecule is Cc1cc(Nc2ccc(Cl)cc2)n2cnnc2n1. The van der Waals surface area contributed by atoms with Gasteiger partial charge in [-0.1, -0.05) is 11.6 Å². The van der Waals surface area contributed by atoms with Gasteiger partial charge in [0.25, 0.3) is 5.78 Å². The van der Waals surface area contributed by atoms with Crippen molar-refractivity contribution in [3.63, 3.8) is 0 Å². The van der Waals surface area contributed by atoms with Crippen molar-refractivity contribution in [1.82, 2.24) is 19.6 Å². The fourth-order valence-corrected chi connectivity index (χ4v) is 1.84. The minimum atomic E-state index is 0.575. The Bertz CT molecular complexity index is 689. The molecule has 5 nitrogen and oxygen atoms in total. The van der Waals surface area contributed by atoms with Crippen molar-refractivity contribution in [1.29, 1.82) is 0 Å². The van der Waals surface area contributed by atoms with Crippen molar-refractivity contribution in [2.75, 3.05) is 5.32 Å². The van der Waals surface area contributed by atoms with Crippen LogP contribution in [0.1, 0.15) is 5.69 Å². The summed E-state index contributed by atoms with van der Waals surface area (Å²) in [5.74, 6) is 1.44. The molecule has 6 heteroatoms. The number of aryl methyl sites for hydroxylation is 1. The maximum Gasteiger partial charge on any atom is 0.256 e. The first-order chi connectivity index (χ1) is 8.72.